The lowest BCUT2D eigenvalue weighted by atomic mass is 10.1. The maximum atomic E-state index is 14.2. The lowest BCUT2D eigenvalue weighted by molar-refractivity contribution is 0.0524. The zero-order valence-corrected chi connectivity index (χ0v) is 15.9. The van der Waals surface area contributed by atoms with Crippen LogP contribution in [0.3, 0.4) is 0 Å². The fourth-order valence-corrected chi connectivity index (χ4v) is 3.14. The van der Waals surface area contributed by atoms with E-state index in [1.165, 1.54) is 28.9 Å². The van der Waals surface area contributed by atoms with Crippen LogP contribution in [0.5, 0.6) is 0 Å². The van der Waals surface area contributed by atoms with E-state index in [0.29, 0.717) is 22.3 Å². The number of carbonyl (C=O) groups excluding carboxylic acids is 1. The molecule has 3 aromatic rings. The first kappa shape index (κ1) is 20.0. The lowest BCUT2D eigenvalue weighted by Crippen LogP contribution is -2.25. The van der Waals surface area contributed by atoms with Gasteiger partial charge in [0.15, 0.2) is 0 Å². The molecule has 3 rings (SSSR count). The standard InChI is InChI=1S/C20H18ClFN2O4/c1-2-28-20(27)15-9-14(6-7-25)18-23-10-12(11-24(18)19(15)26)8-13-4-3-5-16(21)17(13)22/h3-5,9-11,25H,2,6-8H2,1H3. The van der Waals surface area contributed by atoms with Gasteiger partial charge in [-0.05, 0) is 42.2 Å². The molecule has 146 valence electrons. The second-order valence-electron chi connectivity index (χ2n) is 6.13. The van der Waals surface area contributed by atoms with E-state index in [-0.39, 0.29) is 36.6 Å². The highest BCUT2D eigenvalue weighted by Gasteiger charge is 2.18. The number of esters is 1. The summed E-state index contributed by atoms with van der Waals surface area (Å²) in [6.07, 6.45) is 3.42. The number of pyridine rings is 1. The maximum absolute atomic E-state index is 14.2. The highest BCUT2D eigenvalue weighted by Crippen LogP contribution is 2.21. The number of ether oxygens (including phenoxy) is 1. The van der Waals surface area contributed by atoms with Crippen molar-refractivity contribution in [2.75, 3.05) is 13.2 Å². The number of aliphatic hydroxyl groups is 1. The van der Waals surface area contributed by atoms with Crippen LogP contribution in [-0.4, -0.2) is 33.7 Å². The molecule has 0 spiro atoms. The van der Waals surface area contributed by atoms with Gasteiger partial charge in [-0.2, -0.15) is 0 Å². The van der Waals surface area contributed by atoms with Gasteiger partial charge in [-0.25, -0.2) is 14.2 Å². The smallest absolute Gasteiger partial charge is 0.343 e. The van der Waals surface area contributed by atoms with E-state index in [1.807, 2.05) is 0 Å². The van der Waals surface area contributed by atoms with Crippen LogP contribution in [0, 0.1) is 5.82 Å². The summed E-state index contributed by atoms with van der Waals surface area (Å²) in [5, 5.41) is 9.31. The second-order valence-corrected chi connectivity index (χ2v) is 6.54. The summed E-state index contributed by atoms with van der Waals surface area (Å²) in [4.78, 5) is 29.2. The van der Waals surface area contributed by atoms with E-state index in [2.05, 4.69) is 4.98 Å². The summed E-state index contributed by atoms with van der Waals surface area (Å²) in [5.41, 5.74) is 1.05. The van der Waals surface area contributed by atoms with E-state index in [0.717, 1.165) is 0 Å². The van der Waals surface area contributed by atoms with E-state index < -0.39 is 17.3 Å². The second kappa shape index (κ2) is 8.50. The molecule has 0 aliphatic heterocycles. The molecule has 0 bridgehead atoms. The molecule has 8 heteroatoms. The number of fused-ring (bicyclic) bond motifs is 1. The monoisotopic (exact) mass is 404 g/mol. The molecule has 1 N–H and O–H groups in total. The van der Waals surface area contributed by atoms with Crippen LogP contribution in [0.2, 0.25) is 5.02 Å². The average molecular weight is 405 g/mol. The predicted molar refractivity (Wildman–Crippen MR) is 102 cm³/mol. The van der Waals surface area contributed by atoms with Gasteiger partial charge in [0, 0.05) is 25.4 Å². The third-order valence-corrected chi connectivity index (χ3v) is 4.53. The van der Waals surface area contributed by atoms with Crippen molar-refractivity contribution in [3.8, 4) is 0 Å². The van der Waals surface area contributed by atoms with E-state index >= 15 is 0 Å². The molecular formula is C20H18ClFN2O4. The van der Waals surface area contributed by atoms with Gasteiger partial charge in [0.1, 0.15) is 17.0 Å². The Morgan fingerprint density at radius 2 is 2.14 bits per heavy atom. The van der Waals surface area contributed by atoms with Crippen molar-refractivity contribution in [1.82, 2.24) is 9.38 Å². The molecule has 0 radical (unpaired) electrons. The summed E-state index contributed by atoms with van der Waals surface area (Å²) < 4.78 is 20.4. The van der Waals surface area contributed by atoms with Gasteiger partial charge in [0.25, 0.3) is 5.56 Å². The molecule has 6 nitrogen and oxygen atoms in total. The first-order valence-corrected chi connectivity index (χ1v) is 9.08. The Morgan fingerprint density at radius 3 is 2.86 bits per heavy atom. The molecule has 0 atom stereocenters. The van der Waals surface area contributed by atoms with Crippen LogP contribution in [0.1, 0.15) is 34.0 Å². The summed E-state index contributed by atoms with van der Waals surface area (Å²) in [6, 6.07) is 6.09. The zero-order chi connectivity index (χ0) is 20.3. The molecular weight excluding hydrogens is 387 g/mol. The molecule has 28 heavy (non-hydrogen) atoms. The van der Waals surface area contributed by atoms with Crippen LogP contribution >= 0.6 is 11.6 Å². The Balaban J connectivity index is 2.13. The molecule has 2 aromatic heterocycles. The van der Waals surface area contributed by atoms with E-state index in [1.54, 1.807) is 19.1 Å². The molecule has 0 aliphatic carbocycles. The maximum Gasteiger partial charge on any atom is 0.343 e. The van der Waals surface area contributed by atoms with Crippen LogP contribution in [0.15, 0.2) is 41.5 Å². The quantitative estimate of drug-likeness (QED) is 0.639. The van der Waals surface area contributed by atoms with Crippen molar-refractivity contribution in [2.24, 2.45) is 0 Å². The van der Waals surface area contributed by atoms with Gasteiger partial charge in [0.05, 0.1) is 11.6 Å². The predicted octanol–water partition coefficient (Wildman–Crippen LogP) is 2.79. The van der Waals surface area contributed by atoms with Crippen LogP contribution in [-0.2, 0) is 17.6 Å². The Morgan fingerprint density at radius 1 is 1.36 bits per heavy atom. The Bertz CT molecular complexity index is 1100. The molecule has 0 unspecified atom stereocenters. The minimum Gasteiger partial charge on any atom is -0.462 e. The number of aromatic nitrogens is 2. The number of hydrogen-bond acceptors (Lipinski definition) is 5. The molecule has 2 heterocycles. The van der Waals surface area contributed by atoms with Crippen molar-refractivity contribution in [3.05, 3.63) is 80.1 Å². The van der Waals surface area contributed by atoms with Crippen molar-refractivity contribution in [2.45, 2.75) is 19.8 Å². The molecule has 0 aliphatic rings. The SMILES string of the molecule is CCOC(=O)c1cc(CCO)c2ncc(Cc3cccc(Cl)c3F)cn2c1=O. The normalized spacial score (nSPS) is 11.0. The topological polar surface area (TPSA) is 80.9 Å². The van der Waals surface area contributed by atoms with Crippen LogP contribution in [0.4, 0.5) is 4.39 Å². The first-order chi connectivity index (χ1) is 13.5. The van der Waals surface area contributed by atoms with E-state index in [9.17, 15) is 19.1 Å². The third-order valence-electron chi connectivity index (χ3n) is 4.23. The van der Waals surface area contributed by atoms with Crippen molar-refractivity contribution in [3.63, 3.8) is 0 Å². The van der Waals surface area contributed by atoms with E-state index in [4.69, 9.17) is 16.3 Å². The summed E-state index contributed by atoms with van der Waals surface area (Å²) >= 11 is 5.82. The minimum atomic E-state index is -0.743. The fraction of sp³-hybridized carbons (Fsp3) is 0.250. The zero-order valence-electron chi connectivity index (χ0n) is 15.1. The van der Waals surface area contributed by atoms with Crippen LogP contribution in [0.25, 0.3) is 5.65 Å². The van der Waals surface area contributed by atoms with Crippen molar-refractivity contribution >= 4 is 23.2 Å². The third kappa shape index (κ3) is 3.90. The molecule has 0 amide bonds. The number of hydrogen-bond donors (Lipinski definition) is 1. The number of aliphatic hydroxyl groups excluding tert-OH is 1. The number of rotatable bonds is 6. The largest absolute Gasteiger partial charge is 0.462 e. The van der Waals surface area contributed by atoms with Crippen molar-refractivity contribution in [1.29, 1.82) is 0 Å². The van der Waals surface area contributed by atoms with Gasteiger partial charge in [-0.1, -0.05) is 23.7 Å². The fourth-order valence-electron chi connectivity index (χ4n) is 2.94. The Hall–Kier alpha value is -2.77. The molecule has 1 aromatic carbocycles. The highest BCUT2D eigenvalue weighted by molar-refractivity contribution is 6.30. The van der Waals surface area contributed by atoms with Crippen molar-refractivity contribution < 1.29 is 19.0 Å². The van der Waals surface area contributed by atoms with Gasteiger partial charge >= 0.3 is 5.97 Å². The van der Waals surface area contributed by atoms with Gasteiger partial charge < -0.3 is 9.84 Å². The van der Waals surface area contributed by atoms with Gasteiger partial charge in [-0.15, -0.1) is 0 Å². The Kier molecular flexibility index (Phi) is 6.06. The Labute approximate surface area is 165 Å². The first-order valence-electron chi connectivity index (χ1n) is 8.70. The highest BCUT2D eigenvalue weighted by atomic mass is 35.5. The lowest BCUT2D eigenvalue weighted by Gasteiger charge is -2.11. The molecule has 0 fully saturated rings. The minimum absolute atomic E-state index is 0.0123. The molecule has 0 saturated carbocycles. The van der Waals surface area contributed by atoms with Crippen LogP contribution < -0.4 is 5.56 Å². The summed E-state index contributed by atoms with van der Waals surface area (Å²) in [7, 11) is 0. The summed E-state index contributed by atoms with van der Waals surface area (Å²) in [5.74, 6) is -1.27. The van der Waals surface area contributed by atoms with Gasteiger partial charge in [-0.3, -0.25) is 9.20 Å². The number of nitrogens with zero attached hydrogens (tertiary/aromatic N) is 2. The molecule has 0 saturated heterocycles. The summed E-state index contributed by atoms with van der Waals surface area (Å²) in [6.45, 7) is 1.60. The van der Waals surface area contributed by atoms with Gasteiger partial charge in [0.2, 0.25) is 0 Å². The number of halogens is 2. The average Bonchev–Trinajstić information content (AvgIpc) is 2.68. The number of benzene rings is 1. The number of carbonyl (C=O) groups is 1.